The number of hydrogen-bond donors (Lipinski definition) is 1. The summed E-state index contributed by atoms with van der Waals surface area (Å²) in [7, 11) is 0. The second kappa shape index (κ2) is 5.55. The molecule has 0 spiro atoms. The average Bonchev–Trinajstić information content (AvgIpc) is 2.57. The van der Waals surface area contributed by atoms with E-state index in [1.807, 2.05) is 0 Å². The van der Waals surface area contributed by atoms with Gasteiger partial charge in [0.1, 0.15) is 5.56 Å². The number of anilines is 1. The van der Waals surface area contributed by atoms with Crippen LogP contribution in [0.2, 0.25) is 0 Å². The molecule has 1 aromatic rings. The molecule has 2 rings (SSSR count). The average molecular weight is 263 g/mol. The molecule has 1 N–H and O–H groups in total. The Balaban J connectivity index is 2.38. The van der Waals surface area contributed by atoms with Gasteiger partial charge < -0.3 is 10.0 Å². The van der Waals surface area contributed by atoms with Crippen LogP contribution >= 0.6 is 0 Å². The highest BCUT2D eigenvalue weighted by Crippen LogP contribution is 2.26. The summed E-state index contributed by atoms with van der Waals surface area (Å²) in [5.41, 5.74) is 1.71. The van der Waals surface area contributed by atoms with Crippen molar-refractivity contribution < 1.29 is 9.90 Å². The van der Waals surface area contributed by atoms with Gasteiger partial charge in [0.05, 0.1) is 5.69 Å². The van der Waals surface area contributed by atoms with Crippen LogP contribution in [0.25, 0.3) is 0 Å². The fourth-order valence-electron chi connectivity index (χ4n) is 2.55. The van der Waals surface area contributed by atoms with Gasteiger partial charge in [-0.25, -0.2) is 4.79 Å². The van der Waals surface area contributed by atoms with Gasteiger partial charge in [-0.3, -0.25) is 0 Å². The van der Waals surface area contributed by atoms with Gasteiger partial charge in [0.25, 0.3) is 0 Å². The summed E-state index contributed by atoms with van der Waals surface area (Å²) in [5.74, 6) is 0.310. The summed E-state index contributed by atoms with van der Waals surface area (Å²) in [6.45, 7) is 7.56. The number of aromatic nitrogens is 2. The third kappa shape index (κ3) is 2.85. The lowest BCUT2D eigenvalue weighted by Gasteiger charge is -2.23. The van der Waals surface area contributed by atoms with E-state index in [9.17, 15) is 9.90 Å². The van der Waals surface area contributed by atoms with E-state index in [-0.39, 0.29) is 0 Å². The maximum atomic E-state index is 11.5. The third-order valence-electron chi connectivity index (χ3n) is 3.97. The smallest absolute Gasteiger partial charge is 0.339 e. The van der Waals surface area contributed by atoms with E-state index >= 15 is 0 Å². The topological polar surface area (TPSA) is 66.3 Å². The van der Waals surface area contributed by atoms with E-state index in [1.165, 1.54) is 6.42 Å². The largest absolute Gasteiger partial charge is 0.478 e. The second-order valence-corrected chi connectivity index (χ2v) is 5.44. The van der Waals surface area contributed by atoms with Crippen LogP contribution in [-0.2, 0) is 0 Å². The van der Waals surface area contributed by atoms with Crippen LogP contribution in [0.5, 0.6) is 0 Å². The summed E-state index contributed by atoms with van der Waals surface area (Å²) >= 11 is 0. The number of rotatable bonds is 2. The number of carbonyl (C=O) groups is 1. The van der Waals surface area contributed by atoms with Gasteiger partial charge in [-0.1, -0.05) is 6.92 Å². The first-order chi connectivity index (χ1) is 9.00. The molecule has 1 fully saturated rings. The molecule has 1 unspecified atom stereocenters. The van der Waals surface area contributed by atoms with Gasteiger partial charge in [0.2, 0.25) is 0 Å². The molecule has 0 amide bonds. The molecule has 1 saturated heterocycles. The molecule has 5 heteroatoms. The maximum absolute atomic E-state index is 11.5. The fourth-order valence-corrected chi connectivity index (χ4v) is 2.55. The minimum Gasteiger partial charge on any atom is -0.478 e. The first-order valence-electron chi connectivity index (χ1n) is 6.82. The van der Waals surface area contributed by atoms with Crippen molar-refractivity contribution in [3.8, 4) is 0 Å². The standard InChI is InChI=1S/C14H21N3O2/c1-9-5-4-7-17(8-6-9)13-12(14(18)19)10(2)11(3)15-16-13/h9H,4-8H2,1-3H3,(H,18,19). The van der Waals surface area contributed by atoms with Crippen molar-refractivity contribution in [3.63, 3.8) is 0 Å². The SMILES string of the molecule is Cc1nnc(N2CCCC(C)CC2)c(C(=O)O)c1C. The lowest BCUT2D eigenvalue weighted by molar-refractivity contribution is 0.0696. The molecule has 1 atom stereocenters. The van der Waals surface area contributed by atoms with Gasteiger partial charge in [-0.15, -0.1) is 5.10 Å². The van der Waals surface area contributed by atoms with Crippen LogP contribution in [0.1, 0.15) is 47.8 Å². The molecule has 5 nitrogen and oxygen atoms in total. The summed E-state index contributed by atoms with van der Waals surface area (Å²) in [6, 6.07) is 0. The molecular weight excluding hydrogens is 242 g/mol. The van der Waals surface area contributed by atoms with Gasteiger partial charge >= 0.3 is 5.97 Å². The molecule has 2 heterocycles. The van der Waals surface area contributed by atoms with Crippen LogP contribution in [0.4, 0.5) is 5.82 Å². The van der Waals surface area contributed by atoms with Gasteiger partial charge in [-0.05, 0) is 44.6 Å². The lowest BCUT2D eigenvalue weighted by Crippen LogP contribution is -2.28. The Morgan fingerprint density at radius 1 is 1.26 bits per heavy atom. The molecular formula is C14H21N3O2. The second-order valence-electron chi connectivity index (χ2n) is 5.44. The van der Waals surface area contributed by atoms with E-state index in [4.69, 9.17) is 0 Å². The van der Waals surface area contributed by atoms with Crippen molar-refractivity contribution in [2.24, 2.45) is 5.92 Å². The Morgan fingerprint density at radius 2 is 2.00 bits per heavy atom. The Kier molecular flexibility index (Phi) is 4.02. The highest BCUT2D eigenvalue weighted by Gasteiger charge is 2.23. The van der Waals surface area contributed by atoms with Crippen LogP contribution in [-0.4, -0.2) is 34.4 Å². The van der Waals surface area contributed by atoms with E-state index in [1.54, 1.807) is 13.8 Å². The molecule has 19 heavy (non-hydrogen) atoms. The predicted octanol–water partition coefficient (Wildman–Crippen LogP) is 2.42. The molecule has 0 radical (unpaired) electrons. The zero-order chi connectivity index (χ0) is 14.0. The molecule has 0 aliphatic carbocycles. The number of hydrogen-bond acceptors (Lipinski definition) is 4. The van der Waals surface area contributed by atoms with Crippen LogP contribution < -0.4 is 4.90 Å². The Morgan fingerprint density at radius 3 is 2.68 bits per heavy atom. The minimum absolute atomic E-state index is 0.307. The quantitative estimate of drug-likeness (QED) is 0.887. The maximum Gasteiger partial charge on any atom is 0.339 e. The summed E-state index contributed by atoms with van der Waals surface area (Å²) in [4.78, 5) is 13.6. The van der Waals surface area contributed by atoms with Gasteiger partial charge in [0, 0.05) is 13.1 Å². The van der Waals surface area contributed by atoms with Crippen molar-refractivity contribution >= 4 is 11.8 Å². The van der Waals surface area contributed by atoms with Crippen molar-refractivity contribution in [1.29, 1.82) is 0 Å². The monoisotopic (exact) mass is 263 g/mol. The first-order valence-corrected chi connectivity index (χ1v) is 6.82. The zero-order valence-electron chi connectivity index (χ0n) is 11.8. The summed E-state index contributed by atoms with van der Waals surface area (Å²) in [6.07, 6.45) is 3.35. The Hall–Kier alpha value is -1.65. The van der Waals surface area contributed by atoms with Gasteiger partial charge in [0.15, 0.2) is 5.82 Å². The fraction of sp³-hybridized carbons (Fsp3) is 0.643. The van der Waals surface area contributed by atoms with Gasteiger partial charge in [-0.2, -0.15) is 5.10 Å². The first kappa shape index (κ1) is 13.8. The molecule has 104 valence electrons. The molecule has 1 aliphatic heterocycles. The highest BCUT2D eigenvalue weighted by atomic mass is 16.4. The zero-order valence-corrected chi connectivity index (χ0v) is 11.8. The van der Waals surface area contributed by atoms with Crippen LogP contribution in [0, 0.1) is 19.8 Å². The summed E-state index contributed by atoms with van der Waals surface area (Å²) in [5, 5.41) is 17.7. The van der Waals surface area contributed by atoms with Crippen LogP contribution in [0.3, 0.4) is 0 Å². The number of carboxylic acid groups (broad SMARTS) is 1. The van der Waals surface area contributed by atoms with E-state index in [0.717, 1.165) is 31.5 Å². The number of aromatic carboxylic acids is 1. The normalized spacial score (nSPS) is 20.2. The molecule has 1 aromatic heterocycles. The van der Waals surface area contributed by atoms with Crippen molar-refractivity contribution in [3.05, 3.63) is 16.8 Å². The highest BCUT2D eigenvalue weighted by molar-refractivity contribution is 5.95. The van der Waals surface area contributed by atoms with Crippen molar-refractivity contribution in [2.75, 3.05) is 18.0 Å². The number of carboxylic acids is 1. The van der Waals surface area contributed by atoms with E-state index in [2.05, 4.69) is 22.0 Å². The van der Waals surface area contributed by atoms with E-state index in [0.29, 0.717) is 23.0 Å². The Bertz CT molecular complexity index is 488. The minimum atomic E-state index is -0.914. The molecule has 0 saturated carbocycles. The molecule has 0 bridgehead atoms. The third-order valence-corrected chi connectivity index (χ3v) is 3.97. The van der Waals surface area contributed by atoms with E-state index < -0.39 is 5.97 Å². The Labute approximate surface area is 113 Å². The van der Waals surface area contributed by atoms with Crippen molar-refractivity contribution in [1.82, 2.24) is 10.2 Å². The predicted molar refractivity (Wildman–Crippen MR) is 73.7 cm³/mol. The van der Waals surface area contributed by atoms with Crippen molar-refractivity contribution in [2.45, 2.75) is 40.0 Å². The number of nitrogens with zero attached hydrogens (tertiary/aromatic N) is 3. The number of aryl methyl sites for hydroxylation is 1. The van der Waals surface area contributed by atoms with Crippen LogP contribution in [0.15, 0.2) is 0 Å². The molecule has 1 aliphatic rings. The lowest BCUT2D eigenvalue weighted by atomic mass is 10.0. The summed E-state index contributed by atoms with van der Waals surface area (Å²) < 4.78 is 0. The molecule has 0 aromatic carbocycles.